The lowest BCUT2D eigenvalue weighted by Crippen LogP contribution is -2.32. The molecule has 16 heavy (non-hydrogen) atoms. The Morgan fingerprint density at radius 3 is 2.75 bits per heavy atom. The van der Waals surface area contributed by atoms with Crippen molar-refractivity contribution in [2.45, 2.75) is 45.6 Å². The maximum absolute atomic E-state index is 4.41. The van der Waals surface area contributed by atoms with Crippen molar-refractivity contribution in [3.05, 3.63) is 29.6 Å². The van der Waals surface area contributed by atoms with Gasteiger partial charge in [-0.3, -0.25) is 4.98 Å². The minimum atomic E-state index is 0.529. The second kappa shape index (κ2) is 5.44. The lowest BCUT2D eigenvalue weighted by molar-refractivity contribution is 0.231. The third-order valence-electron chi connectivity index (χ3n) is 3.53. The zero-order valence-corrected chi connectivity index (χ0v) is 10.4. The molecule has 0 saturated heterocycles. The molecule has 0 aromatic carbocycles. The van der Waals surface area contributed by atoms with Crippen LogP contribution in [0.1, 0.15) is 49.9 Å². The van der Waals surface area contributed by atoms with Crippen molar-refractivity contribution in [3.63, 3.8) is 0 Å². The molecule has 2 nitrogen and oxygen atoms in total. The molecule has 0 amide bonds. The lowest BCUT2D eigenvalue weighted by Gasteiger charge is -2.34. The summed E-state index contributed by atoms with van der Waals surface area (Å²) in [4.78, 5) is 4.41. The first-order valence-electron chi connectivity index (χ1n) is 6.47. The van der Waals surface area contributed by atoms with Gasteiger partial charge in [0.1, 0.15) is 0 Å². The van der Waals surface area contributed by atoms with Crippen molar-refractivity contribution in [2.75, 3.05) is 6.54 Å². The maximum atomic E-state index is 4.41. The largest absolute Gasteiger partial charge is 0.310 e. The summed E-state index contributed by atoms with van der Waals surface area (Å²) in [7, 11) is 0. The number of aromatic nitrogens is 1. The summed E-state index contributed by atoms with van der Waals surface area (Å²) in [6.45, 7) is 5.37. The van der Waals surface area contributed by atoms with Gasteiger partial charge in [0.15, 0.2) is 0 Å². The standard InChI is InChI=1S/C14H22N2/c1-3-9-15-14(12-5-4-6-12)13-8-7-11(2)16-10-13/h7-8,10,12,14-15H,3-6,9H2,1-2H3. The Kier molecular flexibility index (Phi) is 3.94. The van der Waals surface area contributed by atoms with E-state index in [1.165, 1.54) is 31.2 Å². The van der Waals surface area contributed by atoms with E-state index in [1.807, 2.05) is 13.1 Å². The molecule has 1 unspecified atom stereocenters. The maximum Gasteiger partial charge on any atom is 0.0372 e. The van der Waals surface area contributed by atoms with Crippen LogP contribution in [0.4, 0.5) is 0 Å². The fourth-order valence-electron chi connectivity index (χ4n) is 2.29. The third kappa shape index (κ3) is 2.62. The summed E-state index contributed by atoms with van der Waals surface area (Å²) in [6.07, 6.45) is 7.38. The molecular formula is C14H22N2. The molecule has 88 valence electrons. The third-order valence-corrected chi connectivity index (χ3v) is 3.53. The molecule has 0 aliphatic heterocycles. The monoisotopic (exact) mass is 218 g/mol. The lowest BCUT2D eigenvalue weighted by atomic mass is 9.77. The van der Waals surface area contributed by atoms with Gasteiger partial charge in [-0.25, -0.2) is 0 Å². The van der Waals surface area contributed by atoms with Crippen LogP contribution in [-0.4, -0.2) is 11.5 Å². The first-order valence-corrected chi connectivity index (χ1v) is 6.47. The Bertz CT molecular complexity index is 314. The van der Waals surface area contributed by atoms with Gasteiger partial charge < -0.3 is 5.32 Å². The fourth-order valence-corrected chi connectivity index (χ4v) is 2.29. The summed E-state index contributed by atoms with van der Waals surface area (Å²) < 4.78 is 0. The zero-order valence-electron chi connectivity index (χ0n) is 10.4. The van der Waals surface area contributed by atoms with Gasteiger partial charge in [-0.15, -0.1) is 0 Å². The Hall–Kier alpha value is -0.890. The SMILES string of the molecule is CCCNC(c1ccc(C)nc1)C1CCC1. The molecule has 1 fully saturated rings. The number of nitrogens with one attached hydrogen (secondary N) is 1. The van der Waals surface area contributed by atoms with Crippen LogP contribution >= 0.6 is 0 Å². The molecule has 0 bridgehead atoms. The van der Waals surface area contributed by atoms with Gasteiger partial charge in [0.05, 0.1) is 0 Å². The van der Waals surface area contributed by atoms with E-state index in [-0.39, 0.29) is 0 Å². The van der Waals surface area contributed by atoms with Gasteiger partial charge in [-0.1, -0.05) is 19.4 Å². The molecule has 0 radical (unpaired) electrons. The molecule has 1 aliphatic carbocycles. The van der Waals surface area contributed by atoms with Gasteiger partial charge in [0.25, 0.3) is 0 Å². The van der Waals surface area contributed by atoms with E-state index in [0.29, 0.717) is 6.04 Å². The number of aryl methyl sites for hydroxylation is 1. The van der Waals surface area contributed by atoms with E-state index < -0.39 is 0 Å². The van der Waals surface area contributed by atoms with Crippen molar-refractivity contribution in [1.82, 2.24) is 10.3 Å². The number of hydrogen-bond acceptors (Lipinski definition) is 2. The molecule has 2 heteroatoms. The highest BCUT2D eigenvalue weighted by molar-refractivity contribution is 5.18. The molecule has 1 N–H and O–H groups in total. The van der Waals surface area contributed by atoms with Crippen LogP contribution in [-0.2, 0) is 0 Å². The predicted octanol–water partition coefficient (Wildman–Crippen LogP) is 3.23. The van der Waals surface area contributed by atoms with Gasteiger partial charge in [-0.05, 0) is 50.3 Å². The Balaban J connectivity index is 2.07. The van der Waals surface area contributed by atoms with Crippen LogP contribution in [0.15, 0.2) is 18.3 Å². The fraction of sp³-hybridized carbons (Fsp3) is 0.643. The minimum absolute atomic E-state index is 0.529. The van der Waals surface area contributed by atoms with Crippen LogP contribution in [0.2, 0.25) is 0 Å². The van der Waals surface area contributed by atoms with Crippen LogP contribution in [0.5, 0.6) is 0 Å². The molecule has 1 aromatic rings. The Morgan fingerprint density at radius 2 is 2.25 bits per heavy atom. The molecule has 1 aliphatic rings. The highest BCUT2D eigenvalue weighted by Crippen LogP contribution is 2.37. The highest BCUT2D eigenvalue weighted by atomic mass is 14.9. The molecule has 1 aromatic heterocycles. The normalized spacial score (nSPS) is 18.1. The minimum Gasteiger partial charge on any atom is -0.310 e. The van der Waals surface area contributed by atoms with E-state index in [0.717, 1.165) is 18.2 Å². The summed E-state index contributed by atoms with van der Waals surface area (Å²) >= 11 is 0. The number of hydrogen-bond donors (Lipinski definition) is 1. The quantitative estimate of drug-likeness (QED) is 0.820. The summed E-state index contributed by atoms with van der Waals surface area (Å²) in [5.74, 6) is 0.830. The Morgan fingerprint density at radius 1 is 1.44 bits per heavy atom. The smallest absolute Gasteiger partial charge is 0.0372 e. The molecule has 2 rings (SSSR count). The highest BCUT2D eigenvalue weighted by Gasteiger charge is 2.27. The second-order valence-corrected chi connectivity index (χ2v) is 4.86. The van der Waals surface area contributed by atoms with Crippen LogP contribution in [0, 0.1) is 12.8 Å². The summed E-state index contributed by atoms with van der Waals surface area (Å²) in [5.41, 5.74) is 2.47. The number of nitrogens with zero attached hydrogens (tertiary/aromatic N) is 1. The topological polar surface area (TPSA) is 24.9 Å². The van der Waals surface area contributed by atoms with E-state index in [9.17, 15) is 0 Å². The van der Waals surface area contributed by atoms with E-state index >= 15 is 0 Å². The van der Waals surface area contributed by atoms with E-state index in [1.54, 1.807) is 0 Å². The van der Waals surface area contributed by atoms with Gasteiger partial charge in [0.2, 0.25) is 0 Å². The van der Waals surface area contributed by atoms with Crippen molar-refractivity contribution < 1.29 is 0 Å². The average molecular weight is 218 g/mol. The molecule has 0 spiro atoms. The molecular weight excluding hydrogens is 196 g/mol. The first-order chi connectivity index (χ1) is 7.81. The van der Waals surface area contributed by atoms with E-state index in [4.69, 9.17) is 0 Å². The summed E-state index contributed by atoms with van der Waals surface area (Å²) in [5, 5.41) is 3.67. The van der Waals surface area contributed by atoms with Gasteiger partial charge in [0, 0.05) is 17.9 Å². The zero-order chi connectivity index (χ0) is 11.4. The van der Waals surface area contributed by atoms with Gasteiger partial charge >= 0.3 is 0 Å². The van der Waals surface area contributed by atoms with Crippen molar-refractivity contribution in [3.8, 4) is 0 Å². The van der Waals surface area contributed by atoms with Crippen LogP contribution < -0.4 is 5.32 Å². The molecule has 1 heterocycles. The van der Waals surface area contributed by atoms with Crippen LogP contribution in [0.25, 0.3) is 0 Å². The molecule has 1 saturated carbocycles. The van der Waals surface area contributed by atoms with Crippen molar-refractivity contribution in [2.24, 2.45) is 5.92 Å². The molecule has 1 atom stereocenters. The van der Waals surface area contributed by atoms with Gasteiger partial charge in [-0.2, -0.15) is 0 Å². The van der Waals surface area contributed by atoms with Crippen LogP contribution in [0.3, 0.4) is 0 Å². The second-order valence-electron chi connectivity index (χ2n) is 4.86. The van der Waals surface area contributed by atoms with Crippen molar-refractivity contribution in [1.29, 1.82) is 0 Å². The number of pyridine rings is 1. The number of rotatable bonds is 5. The summed E-state index contributed by atoms with van der Waals surface area (Å²) in [6, 6.07) is 4.88. The van der Waals surface area contributed by atoms with Crippen molar-refractivity contribution >= 4 is 0 Å². The average Bonchev–Trinajstić information content (AvgIpc) is 2.23. The Labute approximate surface area is 98.5 Å². The first kappa shape index (κ1) is 11.6. The van der Waals surface area contributed by atoms with E-state index in [2.05, 4.69) is 29.4 Å². The predicted molar refractivity (Wildman–Crippen MR) is 67.3 cm³/mol.